The van der Waals surface area contributed by atoms with Gasteiger partial charge in [0.1, 0.15) is 23.6 Å². The molecular formula is C39H44BCl2N6Na2O4. The molecule has 0 saturated carbocycles. The standard InChI is InChI=1S/C13H15ClN2O.C13H13ClN2O.C13H14N2O.B.2Na.H2O.H/c2*1-9-3-4-10(2)16(9)13-6-5-11(8-15-13)12(17)7-14;1-9-3-4-10(2)15(9)13-6-5-11(7-14-13)12-8-16-12;;;;;/h3-6,8,12,17H,7H2,1-2H3;3-6,8H,7H2,1-2H3;3-7,12H,8H2,1-2H3;;;;1H2;/q;;;;2*+1;;-1/p-1. The van der Waals surface area contributed by atoms with E-state index in [9.17, 15) is 9.90 Å². The summed E-state index contributed by atoms with van der Waals surface area (Å²) in [5, 5.41) is 9.58. The average molecular weight is 789 g/mol. The SMILES string of the molecule is Cc1ccc(C)n1-c1ccc(C(=O)CCl)cn1.Cc1ccc(C)n1-c1ccc(C(O)CCl)cn1.Cc1ccc(C)n1-c1ccc(C2CO2)cn1.[B].[H-].[Na+].[Na+].[OH-]. The number of carbonyl (C=O) groups excluding carboxylic acids is 1. The van der Waals surface area contributed by atoms with Gasteiger partial charge in [-0.05, 0) is 102 Å². The Balaban J connectivity index is 0.000000761. The molecule has 2 N–H and O–H groups in total. The van der Waals surface area contributed by atoms with Gasteiger partial charge in [0.2, 0.25) is 0 Å². The van der Waals surface area contributed by atoms with Crippen LogP contribution in [0.1, 0.15) is 69.3 Å². The molecule has 0 aliphatic carbocycles. The third kappa shape index (κ3) is 12.2. The van der Waals surface area contributed by atoms with Crippen molar-refractivity contribution in [2.45, 2.75) is 53.8 Å². The average Bonchev–Trinajstić information content (AvgIpc) is 3.76. The van der Waals surface area contributed by atoms with Crippen LogP contribution in [0.4, 0.5) is 0 Å². The van der Waals surface area contributed by atoms with Crippen molar-refractivity contribution in [2.75, 3.05) is 18.4 Å². The normalized spacial score (nSPS) is 12.9. The van der Waals surface area contributed by atoms with Gasteiger partial charge in [0.05, 0.1) is 24.5 Å². The predicted molar refractivity (Wildman–Crippen MR) is 207 cm³/mol. The van der Waals surface area contributed by atoms with E-state index in [4.69, 9.17) is 27.9 Å². The second kappa shape index (κ2) is 22.9. The fourth-order valence-electron chi connectivity index (χ4n) is 5.63. The minimum Gasteiger partial charge on any atom is -1.00 e. The number of Topliss-reactive ketones (excluding diaryl/α,β-unsaturated/α-hetero) is 1. The number of aliphatic hydroxyl groups is 1. The minimum absolute atomic E-state index is 0. The zero-order valence-corrected chi connectivity index (χ0v) is 37.7. The Labute approximate surface area is 375 Å². The molecule has 7 heterocycles. The molecule has 0 spiro atoms. The van der Waals surface area contributed by atoms with Crippen LogP contribution < -0.4 is 59.1 Å². The summed E-state index contributed by atoms with van der Waals surface area (Å²) in [5.74, 6) is 2.72. The van der Waals surface area contributed by atoms with Gasteiger partial charge in [-0.15, -0.1) is 23.2 Å². The van der Waals surface area contributed by atoms with Crippen molar-refractivity contribution >= 4 is 37.4 Å². The zero-order valence-electron chi connectivity index (χ0n) is 33.2. The zero-order chi connectivity index (χ0) is 35.9. The summed E-state index contributed by atoms with van der Waals surface area (Å²) in [6.45, 7) is 13.1. The number of alkyl halides is 2. The first-order chi connectivity index (χ1) is 24.0. The number of nitrogens with zero attached hydrogens (tertiary/aromatic N) is 6. The Hall–Kier alpha value is -2.52. The van der Waals surface area contributed by atoms with Gasteiger partial charge in [0.15, 0.2) is 5.78 Å². The molecule has 2 atom stereocenters. The Morgan fingerprint density at radius 2 is 1.09 bits per heavy atom. The Kier molecular flexibility index (Phi) is 21.0. The maximum Gasteiger partial charge on any atom is 1.00 e. The van der Waals surface area contributed by atoms with Crippen LogP contribution >= 0.6 is 23.2 Å². The van der Waals surface area contributed by atoms with Crippen LogP contribution in [0.5, 0.6) is 0 Å². The summed E-state index contributed by atoms with van der Waals surface area (Å²) < 4.78 is 11.5. The molecule has 3 radical (unpaired) electrons. The Morgan fingerprint density at radius 1 is 0.704 bits per heavy atom. The van der Waals surface area contributed by atoms with E-state index in [1.54, 1.807) is 18.5 Å². The Morgan fingerprint density at radius 3 is 1.39 bits per heavy atom. The van der Waals surface area contributed by atoms with Crippen LogP contribution in [0.15, 0.2) is 91.4 Å². The van der Waals surface area contributed by atoms with Crippen LogP contribution in [0.25, 0.3) is 17.5 Å². The van der Waals surface area contributed by atoms with Crippen LogP contribution in [0.3, 0.4) is 0 Å². The van der Waals surface area contributed by atoms with Crippen LogP contribution in [0.2, 0.25) is 0 Å². The number of ketones is 1. The maximum atomic E-state index is 11.4. The molecule has 273 valence electrons. The largest absolute Gasteiger partial charge is 1.00 e. The van der Waals surface area contributed by atoms with Gasteiger partial charge in [0, 0.05) is 77.9 Å². The summed E-state index contributed by atoms with van der Waals surface area (Å²) in [7, 11) is 0. The number of ether oxygens (including phenoxy) is 1. The van der Waals surface area contributed by atoms with Gasteiger partial charge in [-0.1, -0.05) is 12.1 Å². The maximum absolute atomic E-state index is 11.4. The molecule has 15 heteroatoms. The second-order valence-corrected chi connectivity index (χ2v) is 12.8. The van der Waals surface area contributed by atoms with E-state index in [-0.39, 0.29) is 98.1 Å². The fraction of sp³-hybridized carbons (Fsp3) is 0.282. The number of aromatic nitrogens is 6. The van der Waals surface area contributed by atoms with Gasteiger partial charge >= 0.3 is 59.1 Å². The molecule has 1 aliphatic heterocycles. The van der Waals surface area contributed by atoms with E-state index < -0.39 is 6.10 Å². The molecule has 10 nitrogen and oxygen atoms in total. The van der Waals surface area contributed by atoms with Crippen molar-refractivity contribution < 1.29 is 80.7 Å². The quantitative estimate of drug-likeness (QED) is 0.108. The second-order valence-electron chi connectivity index (χ2n) is 12.2. The van der Waals surface area contributed by atoms with Crippen molar-refractivity contribution in [3.05, 3.63) is 142 Å². The summed E-state index contributed by atoms with van der Waals surface area (Å²) in [4.78, 5) is 24.5. The summed E-state index contributed by atoms with van der Waals surface area (Å²) >= 11 is 11.1. The number of epoxide rings is 1. The number of rotatable bonds is 8. The van der Waals surface area contributed by atoms with Crippen LogP contribution in [-0.4, -0.2) is 71.8 Å². The van der Waals surface area contributed by atoms with Gasteiger partial charge in [-0.2, -0.15) is 0 Å². The van der Waals surface area contributed by atoms with Crippen molar-refractivity contribution in [3.8, 4) is 17.5 Å². The van der Waals surface area contributed by atoms with E-state index in [1.807, 2.05) is 68.8 Å². The summed E-state index contributed by atoms with van der Waals surface area (Å²) in [6, 6.07) is 23.9. The van der Waals surface area contributed by atoms with Crippen molar-refractivity contribution in [2.24, 2.45) is 0 Å². The molecule has 2 unspecified atom stereocenters. The minimum atomic E-state index is -0.648. The van der Waals surface area contributed by atoms with Crippen molar-refractivity contribution in [1.29, 1.82) is 0 Å². The van der Waals surface area contributed by atoms with Gasteiger partial charge < -0.3 is 30.4 Å². The molecule has 0 bridgehead atoms. The molecule has 1 saturated heterocycles. The first kappa shape index (κ1) is 49.5. The van der Waals surface area contributed by atoms with Crippen LogP contribution in [-0.2, 0) is 4.74 Å². The van der Waals surface area contributed by atoms with E-state index in [0.29, 0.717) is 5.56 Å². The summed E-state index contributed by atoms with van der Waals surface area (Å²) in [6.07, 6.45) is 4.78. The van der Waals surface area contributed by atoms with E-state index in [2.05, 4.69) is 74.3 Å². The third-order valence-electron chi connectivity index (χ3n) is 8.47. The van der Waals surface area contributed by atoms with Gasteiger partial charge in [-0.3, -0.25) is 4.79 Å². The van der Waals surface area contributed by atoms with Gasteiger partial charge in [0.25, 0.3) is 0 Å². The first-order valence-electron chi connectivity index (χ1n) is 16.3. The van der Waals surface area contributed by atoms with Crippen LogP contribution in [0, 0.1) is 41.5 Å². The molecule has 0 amide bonds. The van der Waals surface area contributed by atoms with Gasteiger partial charge in [-0.25, -0.2) is 15.0 Å². The molecular weight excluding hydrogens is 744 g/mol. The molecule has 7 rings (SSSR count). The number of aliphatic hydroxyl groups excluding tert-OH is 1. The number of pyridine rings is 3. The number of hydrogen-bond acceptors (Lipinski definition) is 7. The predicted octanol–water partition coefficient (Wildman–Crippen LogP) is 1.80. The fourth-order valence-corrected chi connectivity index (χ4v) is 5.96. The van der Waals surface area contributed by atoms with Crippen molar-refractivity contribution in [3.63, 3.8) is 0 Å². The van der Waals surface area contributed by atoms with E-state index in [1.165, 1.54) is 17.0 Å². The third-order valence-corrected chi connectivity index (χ3v) is 9.00. The number of aryl methyl sites for hydroxylation is 6. The number of hydrogen-bond donors (Lipinski definition) is 1. The van der Waals surface area contributed by atoms with E-state index >= 15 is 0 Å². The summed E-state index contributed by atoms with van der Waals surface area (Å²) in [5.41, 5.74) is 9.39. The molecule has 1 fully saturated rings. The molecule has 0 aromatic carbocycles. The number of carbonyl (C=O) groups is 1. The molecule has 1 aliphatic rings. The topological polar surface area (TPSA) is 133 Å². The molecule has 54 heavy (non-hydrogen) atoms. The number of halogens is 2. The molecule has 6 aromatic heterocycles. The monoisotopic (exact) mass is 787 g/mol. The van der Waals surface area contributed by atoms with Crippen molar-refractivity contribution in [1.82, 2.24) is 28.7 Å². The molecule has 6 aromatic rings. The first-order valence-corrected chi connectivity index (χ1v) is 17.4. The van der Waals surface area contributed by atoms with E-state index in [0.717, 1.165) is 52.4 Å². The Bertz CT molecular complexity index is 2000. The smallest absolute Gasteiger partial charge is 1.00 e.